The first-order valence-corrected chi connectivity index (χ1v) is 19.1. The van der Waals surface area contributed by atoms with Gasteiger partial charge in [0.25, 0.3) is 5.91 Å². The Morgan fingerprint density at radius 1 is 0.847 bits per heavy atom. The SMILES string of the molecule is CCn1nc(C)c(N)c1C.CCn1nc(C)cc1C(=O)Nc1nc2cc(C(N)=O)cnc2n1C/C=C/Cn1c(NC=O)nc2cc(C(N)=O)cc(OCCCCNC)c21. The maximum atomic E-state index is 13.3. The van der Waals surface area contributed by atoms with Crippen LogP contribution in [0, 0.1) is 20.8 Å². The number of nitrogens with two attached hydrogens (primary N) is 3. The van der Waals surface area contributed by atoms with E-state index < -0.39 is 17.7 Å². The lowest BCUT2D eigenvalue weighted by Crippen LogP contribution is -2.20. The third-order valence-corrected chi connectivity index (χ3v) is 9.37. The number of nitrogens with zero attached hydrogens (tertiary/aromatic N) is 9. The number of allylic oxidation sites excluding steroid dienone is 2. The third-order valence-electron chi connectivity index (χ3n) is 9.37. The van der Waals surface area contributed by atoms with Crippen molar-refractivity contribution in [1.82, 2.24) is 49.0 Å². The summed E-state index contributed by atoms with van der Waals surface area (Å²) in [6.45, 7) is 12.7. The monoisotopic (exact) mass is 809 g/mol. The van der Waals surface area contributed by atoms with E-state index in [0.717, 1.165) is 43.0 Å². The highest BCUT2D eigenvalue weighted by Gasteiger charge is 2.21. The Labute approximate surface area is 340 Å². The van der Waals surface area contributed by atoms with Crippen LogP contribution in [-0.2, 0) is 31.0 Å². The van der Waals surface area contributed by atoms with E-state index >= 15 is 0 Å². The summed E-state index contributed by atoms with van der Waals surface area (Å²) in [4.78, 5) is 62.2. The zero-order valence-corrected chi connectivity index (χ0v) is 34.1. The number of fused-ring (bicyclic) bond motifs is 2. The van der Waals surface area contributed by atoms with Crippen molar-refractivity contribution in [3.63, 3.8) is 0 Å². The molecule has 0 unspecified atom stereocenters. The molecule has 5 aromatic heterocycles. The van der Waals surface area contributed by atoms with E-state index in [0.29, 0.717) is 58.9 Å². The number of anilines is 3. The fourth-order valence-corrected chi connectivity index (χ4v) is 6.34. The fraction of sp³-hybridized carbons (Fsp3) is 0.359. The largest absolute Gasteiger partial charge is 0.491 e. The van der Waals surface area contributed by atoms with Gasteiger partial charge in [0.1, 0.15) is 22.5 Å². The predicted octanol–water partition coefficient (Wildman–Crippen LogP) is 3.06. The molecule has 6 aromatic rings. The Hall–Kier alpha value is -7.09. The van der Waals surface area contributed by atoms with Gasteiger partial charge in [0.05, 0.1) is 40.5 Å². The van der Waals surface area contributed by atoms with Gasteiger partial charge in [0, 0.05) is 37.9 Å². The van der Waals surface area contributed by atoms with E-state index in [9.17, 15) is 19.2 Å². The van der Waals surface area contributed by atoms with Crippen molar-refractivity contribution < 1.29 is 23.9 Å². The molecule has 4 amide bonds. The molecule has 0 atom stereocenters. The van der Waals surface area contributed by atoms with Gasteiger partial charge in [-0.25, -0.2) is 15.0 Å². The molecule has 5 heterocycles. The van der Waals surface area contributed by atoms with Gasteiger partial charge in [0.2, 0.25) is 30.1 Å². The van der Waals surface area contributed by atoms with Crippen molar-refractivity contribution in [1.29, 1.82) is 0 Å². The molecule has 0 spiro atoms. The van der Waals surface area contributed by atoms with Crippen LogP contribution in [0.15, 0.2) is 42.6 Å². The number of nitrogens with one attached hydrogen (secondary N) is 3. The Bertz CT molecular complexity index is 2510. The number of unbranched alkanes of at least 4 members (excludes halogenated alkanes) is 1. The number of carbonyl (C=O) groups is 4. The third kappa shape index (κ3) is 9.90. The smallest absolute Gasteiger partial charge is 0.276 e. The first-order chi connectivity index (χ1) is 28.3. The second-order valence-electron chi connectivity index (χ2n) is 13.5. The summed E-state index contributed by atoms with van der Waals surface area (Å²) in [7, 11) is 1.88. The molecule has 0 saturated carbocycles. The number of hydrogen-bond acceptors (Lipinski definition) is 12. The number of hydrogen-bond donors (Lipinski definition) is 6. The number of ether oxygens (including phenoxy) is 1. The second-order valence-corrected chi connectivity index (χ2v) is 13.5. The number of aromatic nitrogens is 9. The Kier molecular flexibility index (Phi) is 14.1. The van der Waals surface area contributed by atoms with Gasteiger partial charge in [-0.15, -0.1) is 0 Å². The highest BCUT2D eigenvalue weighted by atomic mass is 16.5. The molecule has 0 bridgehead atoms. The maximum Gasteiger partial charge on any atom is 0.276 e. The fourth-order valence-electron chi connectivity index (χ4n) is 6.34. The zero-order valence-electron chi connectivity index (χ0n) is 34.1. The average molecular weight is 810 g/mol. The van der Waals surface area contributed by atoms with E-state index in [1.54, 1.807) is 38.9 Å². The highest BCUT2D eigenvalue weighted by molar-refractivity contribution is 6.03. The van der Waals surface area contributed by atoms with Gasteiger partial charge < -0.3 is 31.8 Å². The lowest BCUT2D eigenvalue weighted by molar-refractivity contribution is -0.105. The Morgan fingerprint density at radius 3 is 2.14 bits per heavy atom. The van der Waals surface area contributed by atoms with Crippen molar-refractivity contribution in [2.45, 2.75) is 73.6 Å². The van der Waals surface area contributed by atoms with Crippen LogP contribution in [0.5, 0.6) is 5.75 Å². The van der Waals surface area contributed by atoms with E-state index in [1.807, 2.05) is 44.7 Å². The normalized spacial score (nSPS) is 11.2. The first-order valence-electron chi connectivity index (χ1n) is 19.1. The summed E-state index contributed by atoms with van der Waals surface area (Å²) >= 11 is 0. The number of benzene rings is 1. The van der Waals surface area contributed by atoms with Crippen molar-refractivity contribution >= 4 is 63.9 Å². The molecular formula is C39H51N15O5. The summed E-state index contributed by atoms with van der Waals surface area (Å²) in [5.74, 6) is -0.875. The molecule has 0 aliphatic heterocycles. The molecule has 59 heavy (non-hydrogen) atoms. The van der Waals surface area contributed by atoms with Crippen molar-refractivity contribution in [3.8, 4) is 5.75 Å². The highest BCUT2D eigenvalue weighted by Crippen LogP contribution is 2.31. The van der Waals surface area contributed by atoms with Crippen molar-refractivity contribution in [3.05, 3.63) is 76.5 Å². The molecule has 0 saturated heterocycles. The lowest BCUT2D eigenvalue weighted by atomic mass is 10.1. The zero-order chi connectivity index (χ0) is 42.8. The molecule has 6 rings (SSSR count). The summed E-state index contributed by atoms with van der Waals surface area (Å²) in [6, 6.07) is 6.31. The molecule has 9 N–H and O–H groups in total. The summed E-state index contributed by atoms with van der Waals surface area (Å²) < 4.78 is 13.0. The quantitative estimate of drug-likeness (QED) is 0.0415. The number of aryl methyl sites for hydroxylation is 4. The number of primary amides is 2. The second kappa shape index (κ2) is 19.4. The molecular weight excluding hydrogens is 759 g/mol. The van der Waals surface area contributed by atoms with Crippen LogP contribution in [0.25, 0.3) is 22.2 Å². The summed E-state index contributed by atoms with van der Waals surface area (Å²) in [5.41, 5.74) is 22.8. The van der Waals surface area contributed by atoms with Gasteiger partial charge in [-0.05, 0) is 85.3 Å². The predicted molar refractivity (Wildman–Crippen MR) is 224 cm³/mol. The minimum Gasteiger partial charge on any atom is -0.491 e. The topological polar surface area (TPSA) is 276 Å². The van der Waals surface area contributed by atoms with Crippen molar-refractivity contribution in [2.75, 3.05) is 36.6 Å². The first kappa shape index (κ1) is 43.0. The van der Waals surface area contributed by atoms with E-state index in [1.165, 1.54) is 12.3 Å². The molecule has 0 fully saturated rings. The van der Waals surface area contributed by atoms with Gasteiger partial charge in [0.15, 0.2) is 5.65 Å². The van der Waals surface area contributed by atoms with E-state index in [-0.39, 0.29) is 36.1 Å². The van der Waals surface area contributed by atoms with Gasteiger partial charge in [-0.1, -0.05) is 12.2 Å². The van der Waals surface area contributed by atoms with Crippen molar-refractivity contribution in [2.24, 2.45) is 11.5 Å². The Balaban J connectivity index is 0.000000578. The van der Waals surface area contributed by atoms with Gasteiger partial charge in [-0.2, -0.15) is 10.2 Å². The van der Waals surface area contributed by atoms with Crippen LogP contribution in [0.1, 0.15) is 75.0 Å². The Morgan fingerprint density at radius 2 is 1.53 bits per heavy atom. The van der Waals surface area contributed by atoms with Crippen LogP contribution in [-0.4, -0.2) is 88.0 Å². The summed E-state index contributed by atoms with van der Waals surface area (Å²) in [5, 5.41) is 17.1. The van der Waals surface area contributed by atoms with Crippen LogP contribution < -0.4 is 37.9 Å². The molecule has 1 aromatic carbocycles. The van der Waals surface area contributed by atoms with Crippen LogP contribution in [0.4, 0.5) is 17.6 Å². The number of carbonyl (C=O) groups excluding carboxylic acids is 4. The number of pyridine rings is 1. The van der Waals surface area contributed by atoms with Crippen LogP contribution >= 0.6 is 0 Å². The standard InChI is InChI=1S/C32H38N12O5.C7H13N3/c1-4-44-24(13-19(2)41-44)30(48)40-32-39-23-15-21(28(34)47)17-36-29(23)43(32)11-7-6-10-42-26-22(38-31(42)37-18-45)14-20(27(33)46)16-25(26)49-12-8-5-9-35-3;1-4-10-6(3)7(8)5(2)9-10/h6-7,13-18,35H,4-5,8-12H2,1-3H3,(H2,33,46)(H2,34,47)(H,37,38,45)(H,39,40,48);4,8H2,1-3H3/b7-6+;. The number of imidazole rings is 2. The number of rotatable bonds is 18. The minimum atomic E-state index is -0.659. The molecule has 20 nitrogen and oxygen atoms in total. The minimum absolute atomic E-state index is 0.173. The molecule has 20 heteroatoms. The molecule has 0 radical (unpaired) electrons. The average Bonchev–Trinajstić information content (AvgIpc) is 3.94. The van der Waals surface area contributed by atoms with E-state index in [4.69, 9.17) is 21.9 Å². The summed E-state index contributed by atoms with van der Waals surface area (Å²) in [6.07, 6.45) is 7.18. The molecule has 312 valence electrons. The van der Waals surface area contributed by atoms with Crippen LogP contribution in [0.3, 0.4) is 0 Å². The molecule has 0 aliphatic rings. The molecule has 0 aliphatic carbocycles. The number of nitrogen functional groups attached to an aromatic ring is 1. The van der Waals surface area contributed by atoms with E-state index in [2.05, 4.69) is 48.0 Å². The van der Waals surface area contributed by atoms with Gasteiger partial charge in [-0.3, -0.25) is 43.7 Å². The van der Waals surface area contributed by atoms with Gasteiger partial charge >= 0.3 is 0 Å². The maximum absolute atomic E-state index is 13.3. The lowest BCUT2D eigenvalue weighted by Gasteiger charge is -2.12. The number of amides is 4. The van der Waals surface area contributed by atoms with Crippen LogP contribution in [0.2, 0.25) is 0 Å².